The highest BCUT2D eigenvalue weighted by Crippen LogP contribution is 2.35. The van der Waals surface area contributed by atoms with E-state index in [9.17, 15) is 56.0 Å². The van der Waals surface area contributed by atoms with Crippen LogP contribution in [0, 0.1) is 0 Å². The van der Waals surface area contributed by atoms with Crippen molar-refractivity contribution in [3.8, 4) is 28.6 Å². The van der Waals surface area contributed by atoms with Crippen LogP contribution in [-0.4, -0.2) is 81.8 Å². The lowest BCUT2D eigenvalue weighted by atomic mass is 9.87. The van der Waals surface area contributed by atoms with E-state index in [0.717, 1.165) is 28.4 Å². The van der Waals surface area contributed by atoms with E-state index in [1.54, 1.807) is 140 Å². The molecule has 12 rings (SSSR count). The third-order valence-corrected chi connectivity index (χ3v) is 19.9. The van der Waals surface area contributed by atoms with Crippen molar-refractivity contribution in [2.24, 2.45) is 0 Å². The van der Waals surface area contributed by atoms with E-state index in [4.69, 9.17) is 9.47 Å². The Balaban J connectivity index is 0.000000158. The molecular weight excluding hydrogens is 1320 g/mol. The number of benzene rings is 6. The van der Waals surface area contributed by atoms with Gasteiger partial charge in [0.1, 0.15) is 22.9 Å². The molecule has 27 heteroatoms. The molecule has 0 N–H and O–H groups in total. The molecule has 504 valence electrons. The molecule has 6 aromatic heterocycles. The number of fused-ring (bicyclic) bond motifs is 3. The van der Waals surface area contributed by atoms with Crippen LogP contribution in [-0.2, 0) is 58.4 Å². The predicted molar refractivity (Wildman–Crippen MR) is 354 cm³/mol. The van der Waals surface area contributed by atoms with Crippen molar-refractivity contribution < 1.29 is 65.5 Å². The number of hydrogen-bond acceptors (Lipinski definition) is 14. The van der Waals surface area contributed by atoms with Gasteiger partial charge in [-0.3, -0.25) is 15.0 Å². The third-order valence-electron chi connectivity index (χ3n) is 14.9. The number of pyridine rings is 3. The summed E-state index contributed by atoms with van der Waals surface area (Å²) in [6.07, 6.45) is -4.18. The van der Waals surface area contributed by atoms with E-state index in [1.165, 1.54) is 52.0 Å². The summed E-state index contributed by atoms with van der Waals surface area (Å²) in [5.74, 6) is -0.571. The Labute approximate surface area is 555 Å². The van der Waals surface area contributed by atoms with Gasteiger partial charge in [-0.15, -0.1) is 0 Å². The summed E-state index contributed by atoms with van der Waals surface area (Å²) in [5, 5.41) is 14.4. The first-order chi connectivity index (χ1) is 45.8. The number of aromatic nitrogens is 9. The van der Waals surface area contributed by atoms with Crippen molar-refractivity contribution in [2.45, 2.75) is 117 Å². The second-order valence-corrected chi connectivity index (χ2v) is 29.8. The standard InChI is InChI=1S/C24H23F2N3O2S.C23H20F3N3O3S.C23H21F2N3O3S/c1-24(2,3)16-9-11-18(12-10-16)32(30,31)15-17-14-21(23(25)26)28-29(17)22-8-4-7-20-19(22)6-5-13-27-20;1-15(2)32-18-6-8-19(9-7-18)33(30,31)14-17-12-22(23(24,25)26)28-29(17)21-5-3-4-16-13-27-11-10-20(16)21;1-15(2)31-17-8-10-18(11-9-17)32(29,30)14-16-13-21(23(24)25)27-28(16)22-7-3-6-20-19(22)5-4-12-26-20/h4-14,23H,15H2,1-3H3;3-13,15H,14H2,1-2H3;3-13,15,23H,14H2,1-2H3. The fourth-order valence-corrected chi connectivity index (χ4v) is 14.3. The molecule has 12 aromatic rings. The van der Waals surface area contributed by atoms with Crippen molar-refractivity contribution >= 4 is 62.1 Å². The Kier molecular flexibility index (Phi) is 20.5. The summed E-state index contributed by atoms with van der Waals surface area (Å²) >= 11 is 0. The van der Waals surface area contributed by atoms with E-state index >= 15 is 0 Å². The van der Waals surface area contributed by atoms with Crippen LogP contribution < -0.4 is 9.47 Å². The minimum atomic E-state index is -4.73. The largest absolute Gasteiger partial charge is 0.491 e. The molecule has 0 spiro atoms. The number of sulfone groups is 3. The molecule has 0 aliphatic heterocycles. The maximum atomic E-state index is 13.5. The van der Waals surface area contributed by atoms with Crippen LogP contribution in [0.1, 0.15) is 101 Å². The lowest BCUT2D eigenvalue weighted by Gasteiger charge is -2.19. The van der Waals surface area contributed by atoms with Gasteiger partial charge in [0.2, 0.25) is 0 Å². The molecule has 97 heavy (non-hydrogen) atoms. The van der Waals surface area contributed by atoms with Gasteiger partial charge in [-0.1, -0.05) is 57.2 Å². The van der Waals surface area contributed by atoms with Crippen LogP contribution in [0.2, 0.25) is 0 Å². The maximum Gasteiger partial charge on any atom is 0.435 e. The van der Waals surface area contributed by atoms with E-state index in [2.05, 4.69) is 30.2 Å². The smallest absolute Gasteiger partial charge is 0.435 e. The molecule has 0 aliphatic rings. The number of ether oxygens (including phenoxy) is 2. The van der Waals surface area contributed by atoms with Gasteiger partial charge in [0.25, 0.3) is 12.9 Å². The lowest BCUT2D eigenvalue weighted by molar-refractivity contribution is -0.141. The van der Waals surface area contributed by atoms with Crippen molar-refractivity contribution in [3.05, 3.63) is 240 Å². The topological polar surface area (TPSA) is 213 Å². The van der Waals surface area contributed by atoms with Crippen LogP contribution in [0.25, 0.3) is 49.6 Å². The molecular formula is C70H64F7N9O8S3. The molecule has 0 atom stereocenters. The van der Waals surface area contributed by atoms with Gasteiger partial charge >= 0.3 is 6.18 Å². The van der Waals surface area contributed by atoms with Gasteiger partial charge in [0.15, 0.2) is 35.2 Å². The van der Waals surface area contributed by atoms with Crippen LogP contribution in [0.4, 0.5) is 30.7 Å². The Morgan fingerprint density at radius 1 is 0.443 bits per heavy atom. The van der Waals surface area contributed by atoms with E-state index in [1.807, 2.05) is 48.5 Å². The zero-order chi connectivity index (χ0) is 69.8. The molecule has 6 aromatic carbocycles. The Morgan fingerprint density at radius 2 is 0.835 bits per heavy atom. The number of halogens is 7. The summed E-state index contributed by atoms with van der Waals surface area (Å²) in [7, 11) is -11.6. The second kappa shape index (κ2) is 28.5. The Morgan fingerprint density at radius 3 is 1.24 bits per heavy atom. The average Bonchev–Trinajstić information content (AvgIpc) is 1.72. The van der Waals surface area contributed by atoms with Gasteiger partial charge in [-0.05, 0) is 178 Å². The van der Waals surface area contributed by atoms with Crippen molar-refractivity contribution in [2.75, 3.05) is 0 Å². The fourth-order valence-electron chi connectivity index (χ4n) is 10.4. The van der Waals surface area contributed by atoms with Gasteiger partial charge in [-0.25, -0.2) is 56.9 Å². The summed E-state index contributed by atoms with van der Waals surface area (Å²) < 4.78 is 187. The Hall–Kier alpha value is -9.86. The molecule has 0 fully saturated rings. The first kappa shape index (κ1) is 70.0. The zero-order valence-electron chi connectivity index (χ0n) is 53.1. The molecule has 0 aliphatic carbocycles. The predicted octanol–water partition coefficient (Wildman–Crippen LogP) is 15.9. The highest BCUT2D eigenvalue weighted by atomic mass is 32.2. The SMILES string of the molecule is CC(C)(C)c1ccc(S(=O)(=O)Cc2cc(C(F)F)nn2-c2cccc3ncccc23)cc1.CC(C)Oc1ccc(S(=O)(=O)Cc2cc(C(F)(F)F)nn2-c2cccc3cnccc23)cc1.CC(C)Oc1ccc(S(=O)(=O)Cc2cc(C(F)F)nn2-c2cccc3ncccc23)cc1. The summed E-state index contributed by atoms with van der Waals surface area (Å²) in [4.78, 5) is 12.8. The molecule has 0 radical (unpaired) electrons. The summed E-state index contributed by atoms with van der Waals surface area (Å²) in [6, 6.07) is 45.7. The highest BCUT2D eigenvalue weighted by molar-refractivity contribution is 7.91. The number of nitrogens with zero attached hydrogens (tertiary/aromatic N) is 9. The molecule has 0 unspecified atom stereocenters. The van der Waals surface area contributed by atoms with Crippen molar-refractivity contribution in [1.82, 2.24) is 44.3 Å². The zero-order valence-corrected chi connectivity index (χ0v) is 55.6. The summed E-state index contributed by atoms with van der Waals surface area (Å²) in [5.41, 5.74) is 1.57. The number of alkyl halides is 7. The van der Waals surface area contributed by atoms with Gasteiger partial charge in [0.05, 0.1) is 89.3 Å². The van der Waals surface area contributed by atoms with Crippen LogP contribution in [0.3, 0.4) is 0 Å². The molecule has 6 heterocycles. The van der Waals surface area contributed by atoms with Crippen LogP contribution in [0.15, 0.2) is 215 Å². The van der Waals surface area contributed by atoms with Crippen LogP contribution >= 0.6 is 0 Å². The average molecular weight is 1390 g/mol. The summed E-state index contributed by atoms with van der Waals surface area (Å²) in [6.45, 7) is 13.5. The highest BCUT2D eigenvalue weighted by Gasteiger charge is 2.36. The van der Waals surface area contributed by atoms with Crippen molar-refractivity contribution in [3.63, 3.8) is 0 Å². The Bertz CT molecular complexity index is 5120. The van der Waals surface area contributed by atoms with E-state index < -0.39 is 82.9 Å². The lowest BCUT2D eigenvalue weighted by Crippen LogP contribution is -2.13. The van der Waals surface area contributed by atoms with Gasteiger partial charge in [0, 0.05) is 46.3 Å². The molecule has 0 amide bonds. The first-order valence-electron chi connectivity index (χ1n) is 30.1. The minimum Gasteiger partial charge on any atom is -0.491 e. The monoisotopic (exact) mass is 1390 g/mol. The van der Waals surface area contributed by atoms with E-state index in [0.29, 0.717) is 61.1 Å². The quantitative estimate of drug-likeness (QED) is 0.0731. The molecule has 17 nitrogen and oxygen atoms in total. The number of rotatable bonds is 18. The molecule has 0 saturated carbocycles. The van der Waals surface area contributed by atoms with E-state index in [-0.39, 0.29) is 49.4 Å². The molecule has 0 bridgehead atoms. The maximum absolute atomic E-state index is 13.5. The fraction of sp³-hybridized carbons (Fsp3) is 0.229. The third kappa shape index (κ3) is 16.5. The minimum absolute atomic E-state index is 0.0259. The van der Waals surface area contributed by atoms with Gasteiger partial charge < -0.3 is 9.47 Å². The van der Waals surface area contributed by atoms with Crippen molar-refractivity contribution in [1.29, 1.82) is 0 Å². The molecule has 0 saturated heterocycles. The number of hydrogen-bond donors (Lipinski definition) is 0. The van der Waals surface area contributed by atoms with Crippen LogP contribution in [0.5, 0.6) is 11.5 Å². The van der Waals surface area contributed by atoms with Gasteiger partial charge in [-0.2, -0.15) is 28.5 Å². The first-order valence-corrected chi connectivity index (χ1v) is 35.0. The second-order valence-electron chi connectivity index (χ2n) is 23.9. The normalized spacial score (nSPS) is 12.4.